The molecule has 0 radical (unpaired) electrons. The molecule has 2 N–H and O–H groups in total. The number of likely N-dealkylation sites (tertiary alicyclic amines) is 1. The molecular weight excluding hydrogens is 228 g/mol. The second-order valence-electron chi connectivity index (χ2n) is 4.44. The molecule has 0 aromatic carbocycles. The fourth-order valence-corrected chi connectivity index (χ4v) is 3.18. The van der Waals surface area contributed by atoms with Crippen LogP contribution in [0.25, 0.3) is 0 Å². The molecule has 0 bridgehead atoms. The van der Waals surface area contributed by atoms with E-state index in [9.17, 15) is 9.59 Å². The van der Waals surface area contributed by atoms with Gasteiger partial charge in [-0.15, -0.1) is 11.8 Å². The van der Waals surface area contributed by atoms with Crippen LogP contribution in [0, 0.1) is 11.8 Å². The molecule has 2 aliphatic rings. The molecule has 0 aromatic rings. The smallest absolute Gasteiger partial charge is 0.308 e. The van der Waals surface area contributed by atoms with Crippen molar-refractivity contribution in [3.8, 4) is 0 Å². The lowest BCUT2D eigenvalue weighted by atomic mass is 9.99. The van der Waals surface area contributed by atoms with Gasteiger partial charge in [0.15, 0.2) is 0 Å². The summed E-state index contributed by atoms with van der Waals surface area (Å²) in [7, 11) is 0. The van der Waals surface area contributed by atoms with Crippen molar-refractivity contribution in [3.63, 3.8) is 0 Å². The zero-order valence-corrected chi connectivity index (χ0v) is 10.00. The van der Waals surface area contributed by atoms with Gasteiger partial charge in [-0.05, 0) is 5.92 Å². The van der Waals surface area contributed by atoms with Gasteiger partial charge in [-0.3, -0.25) is 14.9 Å². The van der Waals surface area contributed by atoms with Crippen molar-refractivity contribution >= 4 is 23.6 Å². The Bertz CT molecular complexity index is 304. The summed E-state index contributed by atoms with van der Waals surface area (Å²) in [6.45, 7) is 2.82. The lowest BCUT2D eigenvalue weighted by Gasteiger charge is -2.19. The Morgan fingerprint density at radius 3 is 2.69 bits per heavy atom. The summed E-state index contributed by atoms with van der Waals surface area (Å²) in [5, 5.41) is 12.1. The molecule has 5 nitrogen and oxygen atoms in total. The third-order valence-corrected chi connectivity index (χ3v) is 4.20. The summed E-state index contributed by atoms with van der Waals surface area (Å²) >= 11 is 1.70. The molecule has 0 saturated carbocycles. The lowest BCUT2D eigenvalue weighted by Crippen LogP contribution is -2.44. The van der Waals surface area contributed by atoms with Crippen molar-refractivity contribution in [2.45, 2.75) is 13.0 Å². The maximum Gasteiger partial charge on any atom is 0.308 e. The predicted octanol–water partition coefficient (Wildman–Crippen LogP) is -0.172. The molecule has 3 unspecified atom stereocenters. The van der Waals surface area contributed by atoms with Crippen LogP contribution in [0.1, 0.15) is 6.92 Å². The largest absolute Gasteiger partial charge is 0.481 e. The molecule has 2 aliphatic heterocycles. The minimum Gasteiger partial charge on any atom is -0.481 e. The van der Waals surface area contributed by atoms with Gasteiger partial charge >= 0.3 is 5.97 Å². The number of amides is 1. The quantitative estimate of drug-likeness (QED) is 0.705. The minimum absolute atomic E-state index is 0.0514. The Kier molecular flexibility index (Phi) is 3.39. The van der Waals surface area contributed by atoms with Gasteiger partial charge in [-0.2, -0.15) is 0 Å². The van der Waals surface area contributed by atoms with E-state index in [4.69, 9.17) is 5.11 Å². The van der Waals surface area contributed by atoms with Crippen LogP contribution < -0.4 is 5.32 Å². The Morgan fingerprint density at radius 2 is 2.19 bits per heavy atom. The number of rotatable bonds is 2. The van der Waals surface area contributed by atoms with Gasteiger partial charge in [0.2, 0.25) is 5.91 Å². The van der Waals surface area contributed by atoms with E-state index in [-0.39, 0.29) is 17.9 Å². The molecule has 2 saturated heterocycles. The van der Waals surface area contributed by atoms with Crippen molar-refractivity contribution in [1.82, 2.24) is 10.2 Å². The molecule has 2 rings (SSSR count). The summed E-state index contributed by atoms with van der Waals surface area (Å²) in [5.74, 6) is 0.509. The number of carboxylic acid groups (broad SMARTS) is 1. The molecule has 2 fully saturated rings. The molecule has 3 atom stereocenters. The number of hydrogen-bond acceptors (Lipinski definition) is 4. The third kappa shape index (κ3) is 2.17. The predicted molar refractivity (Wildman–Crippen MR) is 61.1 cm³/mol. The van der Waals surface area contributed by atoms with Crippen LogP contribution in [0.3, 0.4) is 0 Å². The molecule has 2 heterocycles. The first-order valence-corrected chi connectivity index (χ1v) is 6.57. The molecule has 1 amide bonds. The fraction of sp³-hybridized carbons (Fsp3) is 0.800. The van der Waals surface area contributed by atoms with E-state index >= 15 is 0 Å². The zero-order valence-electron chi connectivity index (χ0n) is 9.18. The van der Waals surface area contributed by atoms with Crippen LogP contribution in [-0.4, -0.2) is 52.6 Å². The first-order chi connectivity index (χ1) is 7.59. The fourth-order valence-electron chi connectivity index (χ4n) is 2.24. The highest BCUT2D eigenvalue weighted by molar-refractivity contribution is 7.99. The van der Waals surface area contributed by atoms with Crippen LogP contribution >= 0.6 is 11.8 Å². The first-order valence-electron chi connectivity index (χ1n) is 5.42. The minimum atomic E-state index is -0.795. The number of hydrogen-bond donors (Lipinski definition) is 2. The van der Waals surface area contributed by atoms with Gasteiger partial charge in [0.05, 0.1) is 12.0 Å². The number of aliphatic carboxylic acids is 1. The zero-order chi connectivity index (χ0) is 11.7. The van der Waals surface area contributed by atoms with Crippen molar-refractivity contribution in [3.05, 3.63) is 0 Å². The van der Waals surface area contributed by atoms with Crippen molar-refractivity contribution in [2.75, 3.05) is 24.7 Å². The summed E-state index contributed by atoms with van der Waals surface area (Å²) in [6.07, 6.45) is 0. The van der Waals surface area contributed by atoms with Gasteiger partial charge in [-0.25, -0.2) is 0 Å². The molecular formula is C10H16N2O3S. The molecule has 0 aliphatic carbocycles. The monoisotopic (exact) mass is 244 g/mol. The SMILES string of the molecule is CC1CN(C(=O)C2CSCN2)CC1C(=O)O. The second-order valence-corrected chi connectivity index (χ2v) is 5.47. The van der Waals surface area contributed by atoms with E-state index in [1.807, 2.05) is 6.92 Å². The van der Waals surface area contributed by atoms with Crippen molar-refractivity contribution in [2.24, 2.45) is 11.8 Å². The standard InChI is InChI=1S/C10H16N2O3S/c1-6-2-12(3-7(6)10(14)15)9(13)8-4-16-5-11-8/h6-8,11H,2-5H2,1H3,(H,14,15). The molecule has 0 spiro atoms. The van der Waals surface area contributed by atoms with Crippen LogP contribution in [-0.2, 0) is 9.59 Å². The van der Waals surface area contributed by atoms with E-state index in [1.165, 1.54) is 0 Å². The number of carbonyl (C=O) groups is 2. The Labute approximate surface area is 98.6 Å². The highest BCUT2D eigenvalue weighted by atomic mass is 32.2. The lowest BCUT2D eigenvalue weighted by molar-refractivity contribution is -0.142. The van der Waals surface area contributed by atoms with E-state index in [0.29, 0.717) is 13.1 Å². The number of nitrogens with zero attached hydrogens (tertiary/aromatic N) is 1. The van der Waals surface area contributed by atoms with E-state index in [2.05, 4.69) is 5.32 Å². The van der Waals surface area contributed by atoms with Gasteiger partial charge in [-0.1, -0.05) is 6.92 Å². The number of nitrogens with one attached hydrogen (secondary N) is 1. The van der Waals surface area contributed by atoms with E-state index in [1.54, 1.807) is 16.7 Å². The Morgan fingerprint density at radius 1 is 1.44 bits per heavy atom. The average Bonchev–Trinajstić information content (AvgIpc) is 2.84. The van der Waals surface area contributed by atoms with E-state index < -0.39 is 11.9 Å². The van der Waals surface area contributed by atoms with Gasteiger partial charge in [0.1, 0.15) is 0 Å². The topological polar surface area (TPSA) is 69.6 Å². The van der Waals surface area contributed by atoms with E-state index in [0.717, 1.165) is 11.6 Å². The summed E-state index contributed by atoms with van der Waals surface area (Å²) in [6, 6.07) is -0.121. The maximum atomic E-state index is 12.0. The van der Waals surface area contributed by atoms with Crippen LogP contribution in [0.2, 0.25) is 0 Å². The van der Waals surface area contributed by atoms with Gasteiger partial charge in [0, 0.05) is 24.7 Å². The van der Waals surface area contributed by atoms with Crippen LogP contribution in [0.5, 0.6) is 0 Å². The van der Waals surface area contributed by atoms with Crippen LogP contribution in [0.15, 0.2) is 0 Å². The Hall–Kier alpha value is -0.750. The molecule has 90 valence electrons. The van der Waals surface area contributed by atoms with Crippen LogP contribution in [0.4, 0.5) is 0 Å². The number of carboxylic acids is 1. The third-order valence-electron chi connectivity index (χ3n) is 3.26. The second kappa shape index (κ2) is 4.63. The summed E-state index contributed by atoms with van der Waals surface area (Å²) in [5.41, 5.74) is 0. The Balaban J connectivity index is 1.96. The van der Waals surface area contributed by atoms with Crippen molar-refractivity contribution in [1.29, 1.82) is 0 Å². The van der Waals surface area contributed by atoms with Crippen molar-refractivity contribution < 1.29 is 14.7 Å². The highest BCUT2D eigenvalue weighted by Crippen LogP contribution is 2.24. The molecule has 0 aromatic heterocycles. The number of carbonyl (C=O) groups excluding carboxylic acids is 1. The highest BCUT2D eigenvalue weighted by Gasteiger charge is 2.39. The molecule has 16 heavy (non-hydrogen) atoms. The van der Waals surface area contributed by atoms with Gasteiger partial charge in [0.25, 0.3) is 0 Å². The molecule has 6 heteroatoms. The maximum absolute atomic E-state index is 12.0. The summed E-state index contributed by atoms with van der Waals surface area (Å²) in [4.78, 5) is 24.6. The normalized spacial score (nSPS) is 34.3. The number of thioether (sulfide) groups is 1. The summed E-state index contributed by atoms with van der Waals surface area (Å²) < 4.78 is 0. The average molecular weight is 244 g/mol. The van der Waals surface area contributed by atoms with Gasteiger partial charge < -0.3 is 10.0 Å². The first kappa shape index (κ1) is 11.7.